The molecule has 16 heavy (non-hydrogen) atoms. The highest BCUT2D eigenvalue weighted by atomic mass is 35.5. The van der Waals surface area contributed by atoms with Gasteiger partial charge < -0.3 is 5.32 Å². The van der Waals surface area contributed by atoms with Crippen LogP contribution in [0.15, 0.2) is 12.1 Å². The van der Waals surface area contributed by atoms with E-state index in [2.05, 4.69) is 12.2 Å². The van der Waals surface area contributed by atoms with Gasteiger partial charge in [-0.25, -0.2) is 0 Å². The van der Waals surface area contributed by atoms with E-state index in [9.17, 15) is 4.79 Å². The summed E-state index contributed by atoms with van der Waals surface area (Å²) in [6, 6.07) is 4.16. The van der Waals surface area contributed by atoms with Crippen LogP contribution in [0.2, 0.25) is 4.34 Å². The lowest BCUT2D eigenvalue weighted by Crippen LogP contribution is -2.33. The molecule has 1 rings (SSSR count). The van der Waals surface area contributed by atoms with E-state index in [-0.39, 0.29) is 11.9 Å². The van der Waals surface area contributed by atoms with Crippen molar-refractivity contribution < 1.29 is 4.79 Å². The first-order valence-corrected chi connectivity index (χ1v) is 7.58. The summed E-state index contributed by atoms with van der Waals surface area (Å²) in [6.07, 6.45) is 0.969. The van der Waals surface area contributed by atoms with Gasteiger partial charge in [-0.05, 0) is 25.5 Å². The molecule has 0 fully saturated rings. The molecule has 5 heteroatoms. The van der Waals surface area contributed by atoms with Gasteiger partial charge in [0.15, 0.2) is 0 Å². The highest BCUT2D eigenvalue weighted by molar-refractivity contribution is 7.99. The van der Waals surface area contributed by atoms with E-state index in [1.165, 1.54) is 4.88 Å². The van der Waals surface area contributed by atoms with Crippen molar-refractivity contribution >= 4 is 40.6 Å². The molecule has 1 aromatic heterocycles. The standard InChI is InChI=1S/C11H16ClNOS2/c1-3-8(2)13-11(14)7-15-6-9-4-5-10(12)16-9/h4-5,8H,3,6-7H2,1-2H3,(H,13,14)/t8-/m0/s1. The van der Waals surface area contributed by atoms with Crippen molar-refractivity contribution in [2.45, 2.75) is 32.1 Å². The first-order chi connectivity index (χ1) is 7.61. The first kappa shape index (κ1) is 13.9. The van der Waals surface area contributed by atoms with Crippen LogP contribution in [0, 0.1) is 0 Å². The molecule has 0 bridgehead atoms. The molecule has 1 amide bonds. The zero-order valence-electron chi connectivity index (χ0n) is 9.46. The summed E-state index contributed by atoms with van der Waals surface area (Å²) in [5.41, 5.74) is 0. The van der Waals surface area contributed by atoms with Crippen molar-refractivity contribution in [3.63, 3.8) is 0 Å². The fourth-order valence-corrected chi connectivity index (χ4v) is 3.13. The molecule has 0 aliphatic carbocycles. The molecule has 0 aliphatic rings. The van der Waals surface area contributed by atoms with Crippen LogP contribution in [0.1, 0.15) is 25.1 Å². The zero-order chi connectivity index (χ0) is 12.0. The van der Waals surface area contributed by atoms with Crippen molar-refractivity contribution in [2.24, 2.45) is 0 Å². The lowest BCUT2D eigenvalue weighted by Gasteiger charge is -2.10. The molecule has 0 aliphatic heterocycles. The van der Waals surface area contributed by atoms with Gasteiger partial charge in [-0.15, -0.1) is 23.1 Å². The molecule has 1 aromatic rings. The summed E-state index contributed by atoms with van der Waals surface area (Å²) in [6.45, 7) is 4.08. The van der Waals surface area contributed by atoms with Gasteiger partial charge >= 0.3 is 0 Å². The van der Waals surface area contributed by atoms with Gasteiger partial charge in [-0.3, -0.25) is 4.79 Å². The third-order valence-corrected chi connectivity index (χ3v) is 4.52. The second-order valence-electron chi connectivity index (χ2n) is 3.58. The van der Waals surface area contributed by atoms with Crippen LogP contribution in [0.4, 0.5) is 0 Å². The normalized spacial score (nSPS) is 12.4. The van der Waals surface area contributed by atoms with Crippen molar-refractivity contribution in [1.82, 2.24) is 5.32 Å². The van der Waals surface area contributed by atoms with E-state index in [1.54, 1.807) is 23.1 Å². The van der Waals surface area contributed by atoms with E-state index in [0.29, 0.717) is 5.75 Å². The number of hydrogen-bond donors (Lipinski definition) is 1. The van der Waals surface area contributed by atoms with Gasteiger partial charge in [0.25, 0.3) is 0 Å². The van der Waals surface area contributed by atoms with Gasteiger partial charge in [0.1, 0.15) is 0 Å². The highest BCUT2D eigenvalue weighted by Crippen LogP contribution is 2.24. The second kappa shape index (κ2) is 7.20. The Morgan fingerprint density at radius 1 is 1.62 bits per heavy atom. The van der Waals surface area contributed by atoms with E-state index < -0.39 is 0 Å². The molecule has 0 saturated heterocycles. The Bertz CT molecular complexity index is 340. The fraction of sp³-hybridized carbons (Fsp3) is 0.545. The Hall–Kier alpha value is -0.190. The summed E-state index contributed by atoms with van der Waals surface area (Å²) in [4.78, 5) is 12.7. The van der Waals surface area contributed by atoms with E-state index in [0.717, 1.165) is 16.5 Å². The Morgan fingerprint density at radius 3 is 2.94 bits per heavy atom. The zero-order valence-corrected chi connectivity index (χ0v) is 11.8. The van der Waals surface area contributed by atoms with E-state index >= 15 is 0 Å². The maximum absolute atomic E-state index is 11.5. The van der Waals surface area contributed by atoms with E-state index in [1.807, 2.05) is 19.1 Å². The van der Waals surface area contributed by atoms with Crippen LogP contribution >= 0.6 is 34.7 Å². The Balaban J connectivity index is 2.18. The molecule has 0 aromatic carbocycles. The number of amides is 1. The SMILES string of the molecule is CC[C@H](C)NC(=O)CSCc1ccc(Cl)s1. The van der Waals surface area contributed by atoms with Gasteiger partial charge in [-0.2, -0.15) is 0 Å². The minimum atomic E-state index is 0.113. The minimum Gasteiger partial charge on any atom is -0.353 e. The van der Waals surface area contributed by atoms with Gasteiger partial charge in [-0.1, -0.05) is 18.5 Å². The Kier molecular flexibility index (Phi) is 6.24. The quantitative estimate of drug-likeness (QED) is 0.862. The number of thiophene rings is 1. The third kappa shape index (κ3) is 5.23. The van der Waals surface area contributed by atoms with Gasteiger partial charge in [0.05, 0.1) is 10.1 Å². The van der Waals surface area contributed by atoms with Crippen molar-refractivity contribution in [2.75, 3.05) is 5.75 Å². The molecule has 0 spiro atoms. The summed E-state index contributed by atoms with van der Waals surface area (Å²) in [7, 11) is 0. The Morgan fingerprint density at radius 2 is 2.38 bits per heavy atom. The number of rotatable bonds is 6. The number of carbonyl (C=O) groups excluding carboxylic acids is 1. The molecular weight excluding hydrogens is 262 g/mol. The highest BCUT2D eigenvalue weighted by Gasteiger charge is 2.06. The Labute approximate surface area is 110 Å². The number of carbonyl (C=O) groups is 1. The molecule has 0 unspecified atom stereocenters. The van der Waals surface area contributed by atoms with Gasteiger partial charge in [0, 0.05) is 16.7 Å². The molecular formula is C11H16ClNOS2. The number of nitrogens with one attached hydrogen (secondary N) is 1. The predicted molar refractivity (Wildman–Crippen MR) is 73.4 cm³/mol. The molecule has 1 atom stereocenters. The monoisotopic (exact) mass is 277 g/mol. The maximum Gasteiger partial charge on any atom is 0.230 e. The average Bonchev–Trinajstić information content (AvgIpc) is 2.64. The van der Waals surface area contributed by atoms with Crippen LogP contribution < -0.4 is 5.32 Å². The molecule has 0 radical (unpaired) electrons. The topological polar surface area (TPSA) is 29.1 Å². The lowest BCUT2D eigenvalue weighted by atomic mass is 10.3. The van der Waals surface area contributed by atoms with Crippen LogP contribution in [0.3, 0.4) is 0 Å². The summed E-state index contributed by atoms with van der Waals surface area (Å²) in [5.74, 6) is 1.48. The summed E-state index contributed by atoms with van der Waals surface area (Å²) >= 11 is 9.01. The second-order valence-corrected chi connectivity index (χ2v) is 6.36. The lowest BCUT2D eigenvalue weighted by molar-refractivity contribution is -0.119. The van der Waals surface area contributed by atoms with Gasteiger partial charge in [0.2, 0.25) is 5.91 Å². The number of hydrogen-bond acceptors (Lipinski definition) is 3. The van der Waals surface area contributed by atoms with Crippen LogP contribution in [-0.2, 0) is 10.5 Å². The summed E-state index contributed by atoms with van der Waals surface area (Å²) in [5, 5.41) is 2.94. The van der Waals surface area contributed by atoms with Crippen LogP contribution in [-0.4, -0.2) is 17.7 Å². The van der Waals surface area contributed by atoms with Crippen molar-refractivity contribution in [3.8, 4) is 0 Å². The van der Waals surface area contributed by atoms with Crippen LogP contribution in [0.5, 0.6) is 0 Å². The van der Waals surface area contributed by atoms with Crippen molar-refractivity contribution in [1.29, 1.82) is 0 Å². The largest absolute Gasteiger partial charge is 0.353 e. The molecule has 2 nitrogen and oxygen atoms in total. The average molecular weight is 278 g/mol. The van der Waals surface area contributed by atoms with Crippen LogP contribution in [0.25, 0.3) is 0 Å². The number of thioether (sulfide) groups is 1. The first-order valence-electron chi connectivity index (χ1n) is 5.23. The molecule has 1 heterocycles. The third-order valence-electron chi connectivity index (χ3n) is 2.13. The van der Waals surface area contributed by atoms with Crippen molar-refractivity contribution in [3.05, 3.63) is 21.3 Å². The smallest absolute Gasteiger partial charge is 0.230 e. The summed E-state index contributed by atoms with van der Waals surface area (Å²) < 4.78 is 0.805. The number of halogens is 1. The molecule has 0 saturated carbocycles. The van der Waals surface area contributed by atoms with E-state index in [4.69, 9.17) is 11.6 Å². The predicted octanol–water partition coefficient (Wildman–Crippen LogP) is 3.55. The molecule has 90 valence electrons. The molecule has 1 N–H and O–H groups in total. The minimum absolute atomic E-state index is 0.113. The fourth-order valence-electron chi connectivity index (χ4n) is 1.09. The maximum atomic E-state index is 11.5.